The fourth-order valence-electron chi connectivity index (χ4n) is 4.95. The molecule has 1 amide bonds. The highest BCUT2D eigenvalue weighted by Crippen LogP contribution is 2.52. The number of rotatable bonds is 5. The van der Waals surface area contributed by atoms with Crippen LogP contribution >= 0.6 is 0 Å². The van der Waals surface area contributed by atoms with Crippen molar-refractivity contribution in [2.24, 2.45) is 5.41 Å². The number of aliphatic hydroxyl groups is 1. The van der Waals surface area contributed by atoms with Crippen LogP contribution in [0.15, 0.2) is 36.7 Å². The first-order chi connectivity index (χ1) is 14.9. The maximum absolute atomic E-state index is 13.4. The van der Waals surface area contributed by atoms with Gasteiger partial charge in [-0.25, -0.2) is 18.7 Å². The number of amides is 1. The minimum Gasteiger partial charge on any atom is -0.396 e. The first-order valence-corrected chi connectivity index (χ1v) is 10.5. The molecule has 2 heterocycles. The van der Waals surface area contributed by atoms with E-state index in [2.05, 4.69) is 20.4 Å². The molecular weight excluding hydrogens is 404 g/mol. The summed E-state index contributed by atoms with van der Waals surface area (Å²) in [5.41, 5.74) is 0.255. The summed E-state index contributed by atoms with van der Waals surface area (Å²) in [4.78, 5) is 21.3. The molecular formula is C22H23F2N5O2. The third kappa shape index (κ3) is 3.37. The van der Waals surface area contributed by atoms with E-state index < -0.39 is 6.43 Å². The van der Waals surface area contributed by atoms with Crippen molar-refractivity contribution in [3.8, 4) is 5.95 Å². The van der Waals surface area contributed by atoms with Gasteiger partial charge >= 0.3 is 0 Å². The number of carbonyl (C=O) groups is 1. The van der Waals surface area contributed by atoms with Crippen LogP contribution in [0.2, 0.25) is 0 Å². The summed E-state index contributed by atoms with van der Waals surface area (Å²) in [6.07, 6.45) is 5.39. The molecule has 31 heavy (non-hydrogen) atoms. The number of nitrogens with one attached hydrogen (secondary N) is 1. The monoisotopic (exact) mass is 427 g/mol. The van der Waals surface area contributed by atoms with Crippen LogP contribution in [0.5, 0.6) is 0 Å². The molecule has 0 saturated heterocycles. The van der Waals surface area contributed by atoms with E-state index in [4.69, 9.17) is 0 Å². The number of hydrogen-bond acceptors (Lipinski definition) is 5. The largest absolute Gasteiger partial charge is 0.396 e. The predicted molar refractivity (Wildman–Crippen MR) is 109 cm³/mol. The summed E-state index contributed by atoms with van der Waals surface area (Å²) >= 11 is 0. The SMILES string of the molecule is O=C(NC12CCC(CO)(CC1)CC2)c1cnc(-n2nc(C(F)F)c3ccccc32)nc1. The van der Waals surface area contributed by atoms with Gasteiger partial charge in [0.1, 0.15) is 5.69 Å². The lowest BCUT2D eigenvalue weighted by Gasteiger charge is -2.53. The zero-order chi connectivity index (χ0) is 21.6. The van der Waals surface area contributed by atoms with Gasteiger partial charge in [0.15, 0.2) is 0 Å². The number of halogens is 2. The van der Waals surface area contributed by atoms with Gasteiger partial charge in [-0.3, -0.25) is 4.79 Å². The highest BCUT2D eigenvalue weighted by molar-refractivity contribution is 5.94. The molecule has 0 radical (unpaired) electrons. The molecule has 7 nitrogen and oxygen atoms in total. The van der Waals surface area contributed by atoms with Gasteiger partial charge < -0.3 is 10.4 Å². The lowest BCUT2D eigenvalue weighted by atomic mass is 9.57. The maximum atomic E-state index is 13.4. The van der Waals surface area contributed by atoms with Crippen molar-refractivity contribution in [3.63, 3.8) is 0 Å². The van der Waals surface area contributed by atoms with E-state index in [0.717, 1.165) is 38.5 Å². The molecule has 3 aromatic rings. The molecule has 2 aromatic heterocycles. The zero-order valence-electron chi connectivity index (χ0n) is 16.9. The first kappa shape index (κ1) is 20.0. The fraction of sp³-hybridized carbons (Fsp3) is 0.455. The fourth-order valence-corrected chi connectivity index (χ4v) is 4.95. The van der Waals surface area contributed by atoms with Crippen LogP contribution in [-0.4, -0.2) is 42.9 Å². The van der Waals surface area contributed by atoms with Gasteiger partial charge in [0, 0.05) is 29.9 Å². The molecule has 2 N–H and O–H groups in total. The molecule has 162 valence electrons. The highest BCUT2D eigenvalue weighted by Gasteiger charge is 2.48. The molecule has 2 bridgehead atoms. The Hall–Kier alpha value is -2.94. The Morgan fingerprint density at radius 2 is 1.74 bits per heavy atom. The standard InChI is InChI=1S/C22H23F2N5O2/c23-18(24)17-15-3-1-2-4-16(15)29(28-17)20-25-11-14(12-26-20)19(31)27-22-8-5-21(13-30,6-9-22)7-10-22/h1-4,11-12,18,30H,5-10,13H2,(H,27,31). The number of fused-ring (bicyclic) bond motifs is 4. The van der Waals surface area contributed by atoms with Crippen LogP contribution in [0, 0.1) is 5.41 Å². The van der Waals surface area contributed by atoms with Gasteiger partial charge in [0.05, 0.1) is 11.1 Å². The quantitative estimate of drug-likeness (QED) is 0.649. The van der Waals surface area contributed by atoms with Crippen molar-refractivity contribution in [2.45, 2.75) is 50.5 Å². The molecule has 3 fully saturated rings. The Balaban J connectivity index is 1.37. The van der Waals surface area contributed by atoms with Gasteiger partial charge in [0.25, 0.3) is 18.3 Å². The topological polar surface area (TPSA) is 92.9 Å². The van der Waals surface area contributed by atoms with E-state index in [0.29, 0.717) is 16.5 Å². The van der Waals surface area contributed by atoms with Gasteiger partial charge in [-0.05, 0) is 50.0 Å². The van der Waals surface area contributed by atoms with E-state index in [1.165, 1.54) is 17.1 Å². The normalized spacial score (nSPS) is 25.3. The van der Waals surface area contributed by atoms with E-state index in [-0.39, 0.29) is 35.1 Å². The second kappa shape index (κ2) is 7.33. The van der Waals surface area contributed by atoms with Gasteiger partial charge in [-0.15, -0.1) is 0 Å². The molecule has 0 aliphatic heterocycles. The number of aliphatic hydroxyl groups excluding tert-OH is 1. The summed E-state index contributed by atoms with van der Waals surface area (Å²) in [5.74, 6) is -0.121. The van der Waals surface area contributed by atoms with E-state index in [9.17, 15) is 18.7 Å². The number of nitrogens with zero attached hydrogens (tertiary/aromatic N) is 4. The third-order valence-electron chi connectivity index (χ3n) is 7.03. The Morgan fingerprint density at radius 1 is 1.10 bits per heavy atom. The molecule has 1 aromatic carbocycles. The minimum atomic E-state index is -2.72. The summed E-state index contributed by atoms with van der Waals surface area (Å²) in [6, 6.07) is 6.67. The van der Waals surface area contributed by atoms with Crippen molar-refractivity contribution >= 4 is 16.8 Å². The molecule has 6 rings (SSSR count). The van der Waals surface area contributed by atoms with Crippen LogP contribution in [0.3, 0.4) is 0 Å². The lowest BCUT2D eigenvalue weighted by Crippen LogP contribution is -2.57. The average Bonchev–Trinajstić information content (AvgIpc) is 3.20. The molecule has 9 heteroatoms. The number of alkyl halides is 2. The van der Waals surface area contributed by atoms with E-state index in [1.54, 1.807) is 24.3 Å². The van der Waals surface area contributed by atoms with Crippen molar-refractivity contribution < 1.29 is 18.7 Å². The van der Waals surface area contributed by atoms with Crippen LogP contribution in [0.25, 0.3) is 16.9 Å². The van der Waals surface area contributed by atoms with Crippen LogP contribution in [0.4, 0.5) is 8.78 Å². The Kier molecular flexibility index (Phi) is 4.73. The van der Waals surface area contributed by atoms with Crippen molar-refractivity contribution in [2.75, 3.05) is 6.61 Å². The second-order valence-corrected chi connectivity index (χ2v) is 8.78. The minimum absolute atomic E-state index is 0.0286. The summed E-state index contributed by atoms with van der Waals surface area (Å²) in [7, 11) is 0. The van der Waals surface area contributed by atoms with Gasteiger partial charge in [0.2, 0.25) is 0 Å². The zero-order valence-corrected chi connectivity index (χ0v) is 16.9. The molecule has 3 aliphatic rings. The summed E-state index contributed by atoms with van der Waals surface area (Å²) in [5, 5.41) is 17.2. The number of para-hydroxylation sites is 1. The second-order valence-electron chi connectivity index (χ2n) is 8.78. The average molecular weight is 427 g/mol. The third-order valence-corrected chi connectivity index (χ3v) is 7.03. The molecule has 3 aliphatic carbocycles. The lowest BCUT2D eigenvalue weighted by molar-refractivity contribution is -0.0152. The maximum Gasteiger partial charge on any atom is 0.282 e. The van der Waals surface area contributed by atoms with Crippen LogP contribution in [-0.2, 0) is 0 Å². The predicted octanol–water partition coefficient (Wildman–Crippen LogP) is 3.57. The van der Waals surface area contributed by atoms with Gasteiger partial charge in [-0.2, -0.15) is 9.78 Å². The molecule has 0 spiro atoms. The van der Waals surface area contributed by atoms with Crippen molar-refractivity contribution in [1.29, 1.82) is 0 Å². The van der Waals surface area contributed by atoms with Crippen LogP contribution < -0.4 is 5.32 Å². The number of benzene rings is 1. The molecule has 3 saturated carbocycles. The number of aromatic nitrogens is 4. The molecule has 0 unspecified atom stereocenters. The highest BCUT2D eigenvalue weighted by atomic mass is 19.3. The summed E-state index contributed by atoms with van der Waals surface area (Å²) in [6.45, 7) is 0.210. The Bertz CT molecular complexity index is 1100. The Morgan fingerprint density at radius 3 is 2.35 bits per heavy atom. The first-order valence-electron chi connectivity index (χ1n) is 10.5. The smallest absolute Gasteiger partial charge is 0.282 e. The van der Waals surface area contributed by atoms with Crippen LogP contribution in [0.1, 0.15) is 61.0 Å². The van der Waals surface area contributed by atoms with E-state index in [1.807, 2.05) is 0 Å². The Labute approximate surface area is 177 Å². The number of carbonyl (C=O) groups excluding carboxylic acids is 1. The number of hydrogen-bond donors (Lipinski definition) is 2. The molecule has 0 atom stereocenters. The summed E-state index contributed by atoms with van der Waals surface area (Å²) < 4.78 is 28.0. The van der Waals surface area contributed by atoms with Crippen molar-refractivity contribution in [3.05, 3.63) is 47.9 Å². The van der Waals surface area contributed by atoms with Gasteiger partial charge in [-0.1, -0.05) is 18.2 Å². The van der Waals surface area contributed by atoms with E-state index >= 15 is 0 Å². The van der Waals surface area contributed by atoms with Crippen molar-refractivity contribution in [1.82, 2.24) is 25.1 Å².